The number of aromatic hydroxyl groups is 1. The van der Waals surface area contributed by atoms with Crippen molar-refractivity contribution in [3.8, 4) is 5.75 Å². The van der Waals surface area contributed by atoms with Crippen LogP contribution in [0.25, 0.3) is 0 Å². The topological polar surface area (TPSA) is 98.8 Å². The van der Waals surface area contributed by atoms with E-state index in [9.17, 15) is 15.0 Å². The van der Waals surface area contributed by atoms with E-state index in [1.165, 1.54) is 0 Å². The highest BCUT2D eigenvalue weighted by atomic mass is 35.5. The summed E-state index contributed by atoms with van der Waals surface area (Å²) in [5.41, 5.74) is 9.01. The normalized spacial score (nSPS) is 12.5. The minimum atomic E-state index is -0.197. The van der Waals surface area contributed by atoms with E-state index >= 15 is 0 Å². The molecule has 6 nitrogen and oxygen atoms in total. The largest absolute Gasteiger partial charge is 0.508 e. The molecule has 0 aliphatic heterocycles. The second kappa shape index (κ2) is 13.7. The van der Waals surface area contributed by atoms with Gasteiger partial charge in [0.25, 0.3) is 0 Å². The Balaban J connectivity index is 1.80. The number of nitrogens with two attached hydrogens (primary N) is 1. The molecule has 0 radical (unpaired) electrons. The van der Waals surface area contributed by atoms with Gasteiger partial charge in [0.2, 0.25) is 5.91 Å². The molecule has 2 aromatic rings. The molecule has 0 aliphatic rings. The highest BCUT2D eigenvalue weighted by Gasteiger charge is 2.22. The van der Waals surface area contributed by atoms with Crippen molar-refractivity contribution < 1.29 is 15.0 Å². The second-order valence-electron chi connectivity index (χ2n) is 10.1. The molecule has 0 spiro atoms. The Bertz CT molecular complexity index is 914. The number of aryl methyl sites for hydroxylation is 1. The summed E-state index contributed by atoms with van der Waals surface area (Å²) in [6.45, 7) is 8.92. The van der Waals surface area contributed by atoms with Crippen LogP contribution in [0.4, 0.5) is 0 Å². The smallest absolute Gasteiger partial charge is 0.224 e. The van der Waals surface area contributed by atoms with Crippen LogP contribution >= 0.6 is 11.6 Å². The fourth-order valence-corrected chi connectivity index (χ4v) is 4.07. The van der Waals surface area contributed by atoms with Crippen molar-refractivity contribution in [3.63, 3.8) is 0 Å². The summed E-state index contributed by atoms with van der Waals surface area (Å²) in [6, 6.07) is 12.8. The van der Waals surface area contributed by atoms with Crippen LogP contribution in [0.2, 0.25) is 5.02 Å². The summed E-state index contributed by atoms with van der Waals surface area (Å²) in [7, 11) is 0. The molecule has 0 heterocycles. The molecule has 1 atom stereocenters. The van der Waals surface area contributed by atoms with Gasteiger partial charge in [-0.15, -0.1) is 0 Å². The monoisotopic (exact) mass is 489 g/mol. The first-order valence-corrected chi connectivity index (χ1v) is 12.4. The third kappa shape index (κ3) is 10.4. The number of nitrogens with zero attached hydrogens (tertiary/aromatic N) is 1. The van der Waals surface area contributed by atoms with Gasteiger partial charge >= 0.3 is 0 Å². The van der Waals surface area contributed by atoms with E-state index in [1.54, 1.807) is 6.07 Å². The van der Waals surface area contributed by atoms with Crippen molar-refractivity contribution in [3.05, 3.63) is 64.2 Å². The van der Waals surface area contributed by atoms with E-state index in [0.29, 0.717) is 36.6 Å². The summed E-state index contributed by atoms with van der Waals surface area (Å²) in [5.74, 6) is 0.197. The lowest BCUT2D eigenvalue weighted by Gasteiger charge is -2.31. The number of rotatable bonds is 13. The van der Waals surface area contributed by atoms with Crippen LogP contribution in [0.15, 0.2) is 42.5 Å². The van der Waals surface area contributed by atoms with Gasteiger partial charge in [-0.05, 0) is 66.6 Å². The summed E-state index contributed by atoms with van der Waals surface area (Å²) in [5, 5.41) is 23.1. The maximum Gasteiger partial charge on any atom is 0.224 e. The van der Waals surface area contributed by atoms with Crippen LogP contribution in [0, 0.1) is 5.41 Å². The highest BCUT2D eigenvalue weighted by Crippen LogP contribution is 2.19. The quantitative estimate of drug-likeness (QED) is 0.320. The Hall–Kier alpha value is -2.12. The highest BCUT2D eigenvalue weighted by molar-refractivity contribution is 6.30. The van der Waals surface area contributed by atoms with Crippen molar-refractivity contribution in [1.29, 1.82) is 0 Å². The van der Waals surface area contributed by atoms with Gasteiger partial charge in [-0.25, -0.2) is 0 Å². The number of halogens is 1. The van der Waals surface area contributed by atoms with Crippen molar-refractivity contribution in [1.82, 2.24) is 10.2 Å². The van der Waals surface area contributed by atoms with Gasteiger partial charge in [-0.2, -0.15) is 0 Å². The lowest BCUT2D eigenvalue weighted by Crippen LogP contribution is -2.43. The zero-order valence-electron chi connectivity index (χ0n) is 20.7. The van der Waals surface area contributed by atoms with Gasteiger partial charge in [0.05, 0.1) is 6.61 Å². The second-order valence-corrected chi connectivity index (χ2v) is 10.6. The van der Waals surface area contributed by atoms with Gasteiger partial charge in [-0.1, -0.05) is 50.6 Å². The van der Waals surface area contributed by atoms with Crippen LogP contribution in [0.5, 0.6) is 5.75 Å². The number of carbonyl (C=O) groups excluding carboxylic acids is 1. The van der Waals surface area contributed by atoms with Crippen molar-refractivity contribution in [2.75, 3.05) is 26.2 Å². The van der Waals surface area contributed by atoms with Gasteiger partial charge in [0.15, 0.2) is 0 Å². The number of nitrogens with one attached hydrogen (secondary N) is 1. The Morgan fingerprint density at radius 3 is 2.53 bits per heavy atom. The first kappa shape index (κ1) is 28.1. The molecule has 1 amide bonds. The van der Waals surface area contributed by atoms with Gasteiger partial charge in [0.1, 0.15) is 5.75 Å². The zero-order chi connectivity index (χ0) is 25.1. The molecule has 34 heavy (non-hydrogen) atoms. The number of aliphatic hydroxyl groups excluding tert-OH is 1. The lowest BCUT2D eigenvalue weighted by molar-refractivity contribution is -0.132. The lowest BCUT2D eigenvalue weighted by atomic mass is 9.95. The Morgan fingerprint density at radius 1 is 1.12 bits per heavy atom. The Kier molecular flexibility index (Phi) is 11.3. The minimum absolute atomic E-state index is 0.00667. The molecule has 5 N–H and O–H groups in total. The van der Waals surface area contributed by atoms with E-state index in [4.69, 9.17) is 17.3 Å². The fourth-order valence-electron chi connectivity index (χ4n) is 3.86. The first-order chi connectivity index (χ1) is 16.1. The van der Waals surface area contributed by atoms with Crippen molar-refractivity contribution in [2.24, 2.45) is 11.1 Å². The number of carbonyl (C=O) groups is 1. The average molecular weight is 490 g/mol. The summed E-state index contributed by atoms with van der Waals surface area (Å²) in [6.07, 6.45) is 2.63. The van der Waals surface area contributed by atoms with Crippen molar-refractivity contribution >= 4 is 17.5 Å². The van der Waals surface area contributed by atoms with Crippen LogP contribution in [-0.4, -0.2) is 53.2 Å². The molecular weight excluding hydrogens is 450 g/mol. The van der Waals surface area contributed by atoms with Crippen LogP contribution in [0.1, 0.15) is 50.3 Å². The fraction of sp³-hybridized carbons (Fsp3) is 0.519. The SMILES string of the molecule is CC(C)(C)CN(CCNCCc1ccc(O)c(CO)c1)C(=O)CC(N)CCc1cccc(Cl)c1. The Morgan fingerprint density at radius 2 is 1.85 bits per heavy atom. The molecule has 2 rings (SSSR count). The number of hydrogen-bond acceptors (Lipinski definition) is 5. The zero-order valence-corrected chi connectivity index (χ0v) is 21.4. The van der Waals surface area contributed by atoms with Gasteiger partial charge in [-0.3, -0.25) is 4.79 Å². The number of aliphatic hydroxyl groups is 1. The van der Waals surface area contributed by atoms with Crippen molar-refractivity contribution in [2.45, 2.75) is 59.1 Å². The summed E-state index contributed by atoms with van der Waals surface area (Å²) < 4.78 is 0. The Labute approximate surface area is 209 Å². The molecule has 2 aromatic carbocycles. The average Bonchev–Trinajstić information content (AvgIpc) is 2.77. The maximum absolute atomic E-state index is 13.0. The summed E-state index contributed by atoms with van der Waals surface area (Å²) in [4.78, 5) is 14.9. The number of hydrogen-bond donors (Lipinski definition) is 4. The molecule has 0 saturated heterocycles. The maximum atomic E-state index is 13.0. The van der Waals surface area contributed by atoms with E-state index in [0.717, 1.165) is 36.9 Å². The molecule has 0 aromatic heterocycles. The van der Waals surface area contributed by atoms with Crippen LogP contribution in [-0.2, 0) is 24.2 Å². The van der Waals surface area contributed by atoms with E-state index < -0.39 is 0 Å². The van der Waals surface area contributed by atoms with Gasteiger partial charge in [0, 0.05) is 42.7 Å². The standard InChI is InChI=1S/C27H40ClN3O3/c1-27(2,3)19-31(14-13-30-12-11-21-8-10-25(33)22(15-21)18-32)26(34)17-24(29)9-7-20-5-4-6-23(28)16-20/h4-6,8,10,15-16,24,30,32-33H,7,9,11-14,17-19,29H2,1-3H3. The van der Waals surface area contributed by atoms with Crippen LogP contribution in [0.3, 0.4) is 0 Å². The van der Waals surface area contributed by atoms with Crippen LogP contribution < -0.4 is 11.1 Å². The predicted octanol–water partition coefficient (Wildman–Crippen LogP) is 3.89. The predicted molar refractivity (Wildman–Crippen MR) is 139 cm³/mol. The molecule has 7 heteroatoms. The molecule has 0 aliphatic carbocycles. The number of amides is 1. The third-order valence-corrected chi connectivity index (χ3v) is 5.85. The van der Waals surface area contributed by atoms with E-state index in [-0.39, 0.29) is 29.7 Å². The molecule has 0 saturated carbocycles. The number of phenols is 1. The molecule has 0 bridgehead atoms. The van der Waals surface area contributed by atoms with Gasteiger partial charge < -0.3 is 26.2 Å². The van der Waals surface area contributed by atoms with E-state index in [1.807, 2.05) is 41.3 Å². The summed E-state index contributed by atoms with van der Waals surface area (Å²) >= 11 is 6.05. The third-order valence-electron chi connectivity index (χ3n) is 5.61. The minimum Gasteiger partial charge on any atom is -0.508 e. The molecule has 1 unspecified atom stereocenters. The van der Waals surface area contributed by atoms with E-state index in [2.05, 4.69) is 26.1 Å². The first-order valence-electron chi connectivity index (χ1n) is 12.0. The molecular formula is C27H40ClN3O3. The molecule has 188 valence electrons. The molecule has 0 fully saturated rings. The number of benzene rings is 2.